The largest absolute Gasteiger partial charge is 0.348 e. The number of carbonyl (C=O) groups excluding carboxylic acids is 1. The van der Waals surface area contributed by atoms with Crippen LogP contribution in [0.5, 0.6) is 0 Å². The van der Waals surface area contributed by atoms with E-state index in [0.29, 0.717) is 24.5 Å². The van der Waals surface area contributed by atoms with Crippen LogP contribution in [0.25, 0.3) is 0 Å². The first-order valence-electron chi connectivity index (χ1n) is 9.46. The molecule has 134 valence electrons. The van der Waals surface area contributed by atoms with Gasteiger partial charge < -0.3 is 10.2 Å². The van der Waals surface area contributed by atoms with Crippen LogP contribution in [0.4, 0.5) is 0 Å². The second-order valence-corrected chi connectivity index (χ2v) is 9.50. The second-order valence-electron chi connectivity index (χ2n) is 7.52. The van der Waals surface area contributed by atoms with Crippen LogP contribution >= 0.6 is 22.7 Å². The van der Waals surface area contributed by atoms with Gasteiger partial charge in [-0.3, -0.25) is 4.79 Å². The van der Waals surface area contributed by atoms with Crippen molar-refractivity contribution >= 4 is 28.6 Å². The Bertz CT molecular complexity index is 709. The second kappa shape index (κ2) is 7.60. The van der Waals surface area contributed by atoms with Crippen molar-refractivity contribution in [1.82, 2.24) is 5.32 Å². The van der Waals surface area contributed by atoms with Gasteiger partial charge in [0, 0.05) is 22.9 Å². The molecular formula is C20H27N2OS2+. The van der Waals surface area contributed by atoms with Crippen LogP contribution in [0.15, 0.2) is 29.0 Å². The van der Waals surface area contributed by atoms with Crippen LogP contribution in [0.1, 0.15) is 54.0 Å². The Morgan fingerprint density at radius 3 is 2.92 bits per heavy atom. The molecule has 1 unspecified atom stereocenters. The number of quaternary nitrogens is 1. The van der Waals surface area contributed by atoms with Crippen molar-refractivity contribution in [3.05, 3.63) is 44.3 Å². The van der Waals surface area contributed by atoms with Crippen LogP contribution in [0.3, 0.4) is 0 Å². The molecule has 1 aliphatic heterocycles. The molecule has 1 fully saturated rings. The SMILES string of the molecule is C[C@@H]1CCCC[C@H]1NC(=O)C[NH+]1CCc2sccc2[C@@H]1c1cccs1. The monoisotopic (exact) mass is 375 g/mol. The van der Waals surface area contributed by atoms with Crippen LogP contribution in [0.2, 0.25) is 0 Å². The van der Waals surface area contributed by atoms with Gasteiger partial charge in [0.25, 0.3) is 5.91 Å². The number of fused-ring (bicyclic) bond motifs is 1. The van der Waals surface area contributed by atoms with Crippen molar-refractivity contribution in [3.8, 4) is 0 Å². The van der Waals surface area contributed by atoms with E-state index in [2.05, 4.69) is 41.2 Å². The lowest BCUT2D eigenvalue weighted by atomic mass is 9.86. The van der Waals surface area contributed by atoms with Crippen molar-refractivity contribution in [2.24, 2.45) is 5.92 Å². The Labute approximate surface area is 158 Å². The molecule has 25 heavy (non-hydrogen) atoms. The molecule has 2 aromatic heterocycles. The smallest absolute Gasteiger partial charge is 0.275 e. The molecular weight excluding hydrogens is 348 g/mol. The first-order chi connectivity index (χ1) is 12.2. The maximum atomic E-state index is 12.8. The van der Waals surface area contributed by atoms with Gasteiger partial charge in [-0.25, -0.2) is 0 Å². The van der Waals surface area contributed by atoms with Gasteiger partial charge in [0.05, 0.1) is 11.4 Å². The number of amides is 1. The Morgan fingerprint density at radius 2 is 2.12 bits per heavy atom. The minimum absolute atomic E-state index is 0.231. The van der Waals surface area contributed by atoms with Gasteiger partial charge >= 0.3 is 0 Å². The third kappa shape index (κ3) is 3.69. The highest BCUT2D eigenvalue weighted by molar-refractivity contribution is 7.10. The molecule has 1 saturated carbocycles. The normalized spacial score (nSPS) is 29.2. The molecule has 2 aliphatic rings. The highest BCUT2D eigenvalue weighted by atomic mass is 32.1. The fourth-order valence-corrected chi connectivity index (χ4v) is 6.27. The summed E-state index contributed by atoms with van der Waals surface area (Å²) in [5.41, 5.74) is 1.44. The van der Waals surface area contributed by atoms with Gasteiger partial charge in [-0.15, -0.1) is 22.7 Å². The van der Waals surface area contributed by atoms with E-state index in [9.17, 15) is 4.79 Å². The van der Waals surface area contributed by atoms with Crippen molar-refractivity contribution < 1.29 is 9.69 Å². The van der Waals surface area contributed by atoms with Crippen LogP contribution in [-0.4, -0.2) is 25.0 Å². The number of rotatable bonds is 4. The minimum atomic E-state index is 0.231. The summed E-state index contributed by atoms with van der Waals surface area (Å²) in [7, 11) is 0. The van der Waals surface area contributed by atoms with Gasteiger partial charge in [-0.05, 0) is 41.7 Å². The lowest BCUT2D eigenvalue weighted by Gasteiger charge is -2.33. The lowest BCUT2D eigenvalue weighted by Crippen LogP contribution is -3.14. The molecule has 0 spiro atoms. The molecule has 0 radical (unpaired) electrons. The van der Waals surface area contributed by atoms with Crippen molar-refractivity contribution in [3.63, 3.8) is 0 Å². The molecule has 4 rings (SSSR count). The molecule has 3 heterocycles. The number of hydrogen-bond donors (Lipinski definition) is 2. The lowest BCUT2D eigenvalue weighted by molar-refractivity contribution is -0.919. The van der Waals surface area contributed by atoms with E-state index in [0.717, 1.165) is 19.4 Å². The average Bonchev–Trinajstić information content (AvgIpc) is 3.28. The molecule has 0 saturated heterocycles. The molecule has 3 nitrogen and oxygen atoms in total. The van der Waals surface area contributed by atoms with Gasteiger partial charge in [-0.1, -0.05) is 25.8 Å². The van der Waals surface area contributed by atoms with Gasteiger partial charge in [0.15, 0.2) is 6.54 Å². The number of hydrogen-bond acceptors (Lipinski definition) is 3. The zero-order valence-electron chi connectivity index (χ0n) is 14.8. The fraction of sp³-hybridized carbons (Fsp3) is 0.550. The first-order valence-corrected chi connectivity index (χ1v) is 11.2. The van der Waals surface area contributed by atoms with Crippen LogP contribution < -0.4 is 10.2 Å². The molecule has 2 aromatic rings. The Hall–Kier alpha value is -1.17. The van der Waals surface area contributed by atoms with Crippen LogP contribution in [-0.2, 0) is 11.2 Å². The summed E-state index contributed by atoms with van der Waals surface area (Å²) < 4.78 is 0. The predicted molar refractivity (Wildman–Crippen MR) is 104 cm³/mol. The quantitative estimate of drug-likeness (QED) is 0.846. The third-order valence-electron chi connectivity index (χ3n) is 5.85. The molecule has 2 N–H and O–H groups in total. The zero-order valence-corrected chi connectivity index (χ0v) is 16.4. The third-order valence-corrected chi connectivity index (χ3v) is 7.78. The molecule has 4 atom stereocenters. The van der Waals surface area contributed by atoms with Gasteiger partial charge in [0.1, 0.15) is 6.04 Å². The standard InChI is InChI=1S/C20H26N2OS2/c1-14-5-2-3-6-16(14)21-19(23)13-22-10-8-17-15(9-12-25-17)20(22)18-7-4-11-24-18/h4,7,9,11-12,14,16,20H,2-3,5-6,8,10,13H2,1H3,(H,21,23)/p+1/t14-,16-,20-/m1/s1. The van der Waals surface area contributed by atoms with Gasteiger partial charge in [0.2, 0.25) is 0 Å². The van der Waals surface area contributed by atoms with E-state index in [1.807, 2.05) is 22.7 Å². The van der Waals surface area contributed by atoms with Crippen LogP contribution in [0, 0.1) is 5.92 Å². The number of nitrogens with one attached hydrogen (secondary N) is 2. The van der Waals surface area contributed by atoms with Gasteiger partial charge in [-0.2, -0.15) is 0 Å². The predicted octanol–water partition coefficient (Wildman–Crippen LogP) is 3.03. The van der Waals surface area contributed by atoms with Crippen molar-refractivity contribution in [1.29, 1.82) is 0 Å². The molecule has 0 aromatic carbocycles. The first kappa shape index (κ1) is 17.3. The molecule has 1 amide bonds. The zero-order chi connectivity index (χ0) is 17.2. The number of carbonyl (C=O) groups is 1. The maximum Gasteiger partial charge on any atom is 0.275 e. The Kier molecular flexibility index (Phi) is 5.25. The summed E-state index contributed by atoms with van der Waals surface area (Å²) in [6, 6.07) is 7.32. The van der Waals surface area contributed by atoms with E-state index in [-0.39, 0.29) is 5.91 Å². The average molecular weight is 376 g/mol. The van der Waals surface area contributed by atoms with E-state index in [1.54, 1.807) is 0 Å². The topological polar surface area (TPSA) is 33.5 Å². The molecule has 1 aliphatic carbocycles. The van der Waals surface area contributed by atoms with E-state index in [4.69, 9.17) is 0 Å². The summed E-state index contributed by atoms with van der Waals surface area (Å²) in [6.45, 7) is 3.91. The van der Waals surface area contributed by atoms with Crippen molar-refractivity contribution in [2.75, 3.05) is 13.1 Å². The van der Waals surface area contributed by atoms with E-state index in [1.165, 1.54) is 39.5 Å². The summed E-state index contributed by atoms with van der Waals surface area (Å²) >= 11 is 3.68. The van der Waals surface area contributed by atoms with E-state index >= 15 is 0 Å². The highest BCUT2D eigenvalue weighted by Crippen LogP contribution is 2.31. The summed E-state index contributed by atoms with van der Waals surface area (Å²) in [6.07, 6.45) is 6.05. The summed E-state index contributed by atoms with van der Waals surface area (Å²) in [5, 5.41) is 7.70. The Balaban J connectivity index is 1.48. The summed E-state index contributed by atoms with van der Waals surface area (Å²) in [5.74, 6) is 0.847. The highest BCUT2D eigenvalue weighted by Gasteiger charge is 2.35. The molecule has 5 heteroatoms. The maximum absolute atomic E-state index is 12.8. The summed E-state index contributed by atoms with van der Waals surface area (Å²) in [4.78, 5) is 17.0. The fourth-order valence-electron chi connectivity index (χ4n) is 4.44. The Morgan fingerprint density at radius 1 is 1.24 bits per heavy atom. The van der Waals surface area contributed by atoms with E-state index < -0.39 is 0 Å². The van der Waals surface area contributed by atoms with Crippen molar-refractivity contribution in [2.45, 2.75) is 51.1 Å². The number of thiophene rings is 2. The molecule has 0 bridgehead atoms. The minimum Gasteiger partial charge on any atom is -0.348 e.